The lowest BCUT2D eigenvalue weighted by Crippen LogP contribution is -2.43. The van der Waals surface area contributed by atoms with Gasteiger partial charge in [0.25, 0.3) is 0 Å². The average molecular weight is 408 g/mol. The topological polar surface area (TPSA) is 54.0 Å². The Kier molecular flexibility index (Phi) is 5.97. The predicted octanol–water partition coefficient (Wildman–Crippen LogP) is 5.62. The third-order valence-electron chi connectivity index (χ3n) is 6.19. The Morgan fingerprint density at radius 2 is 1.93 bits per heavy atom. The number of fused-ring (bicyclic) bond motifs is 1. The number of hydrogen-bond acceptors (Lipinski definition) is 4. The fourth-order valence-corrected chi connectivity index (χ4v) is 5.22. The van der Waals surface area contributed by atoms with Crippen molar-refractivity contribution in [2.75, 3.05) is 11.9 Å². The molecule has 4 rings (SSSR count). The molecule has 1 amide bonds. The highest BCUT2D eigenvalue weighted by Crippen LogP contribution is 2.31. The third kappa shape index (κ3) is 4.68. The van der Waals surface area contributed by atoms with Gasteiger partial charge in [0, 0.05) is 17.3 Å². The van der Waals surface area contributed by atoms with Gasteiger partial charge in [0.1, 0.15) is 5.01 Å². The van der Waals surface area contributed by atoms with Gasteiger partial charge in [-0.2, -0.15) is 0 Å². The fraction of sp³-hybridized carbons (Fsp3) is 0.417. The van der Waals surface area contributed by atoms with Gasteiger partial charge < -0.3 is 10.6 Å². The highest BCUT2D eigenvalue weighted by Gasteiger charge is 2.26. The van der Waals surface area contributed by atoms with Crippen LogP contribution in [0.5, 0.6) is 0 Å². The highest BCUT2D eigenvalue weighted by atomic mass is 32.1. The Labute approximate surface area is 176 Å². The van der Waals surface area contributed by atoms with Crippen molar-refractivity contribution in [1.82, 2.24) is 10.3 Å². The molecule has 0 unspecified atom stereocenters. The minimum atomic E-state index is 0.0126. The van der Waals surface area contributed by atoms with Crippen molar-refractivity contribution < 1.29 is 4.79 Å². The first-order valence-electron chi connectivity index (χ1n) is 10.5. The van der Waals surface area contributed by atoms with Gasteiger partial charge in [0.05, 0.1) is 16.8 Å². The monoisotopic (exact) mass is 407 g/mol. The van der Waals surface area contributed by atoms with Gasteiger partial charge >= 0.3 is 0 Å². The number of nitrogens with zero attached hydrogens (tertiary/aromatic N) is 1. The van der Waals surface area contributed by atoms with Gasteiger partial charge in [-0.1, -0.05) is 32.8 Å². The van der Waals surface area contributed by atoms with Crippen LogP contribution in [0.3, 0.4) is 0 Å². The maximum atomic E-state index is 12.4. The molecule has 5 heteroatoms. The van der Waals surface area contributed by atoms with E-state index in [0.717, 1.165) is 34.1 Å². The second kappa shape index (κ2) is 8.64. The summed E-state index contributed by atoms with van der Waals surface area (Å²) in [6, 6.07) is 14.7. The smallest absolute Gasteiger partial charge is 0.238 e. The largest absolute Gasteiger partial charge is 0.325 e. The molecule has 1 aromatic heterocycles. The van der Waals surface area contributed by atoms with E-state index in [1.807, 2.05) is 24.3 Å². The number of aryl methyl sites for hydroxylation is 1. The highest BCUT2D eigenvalue weighted by molar-refractivity contribution is 7.21. The Bertz CT molecular complexity index is 995. The van der Waals surface area contributed by atoms with Crippen LogP contribution in [-0.4, -0.2) is 23.5 Å². The number of nitrogens with one attached hydrogen (secondary N) is 2. The van der Waals surface area contributed by atoms with Crippen LogP contribution in [0.25, 0.3) is 20.8 Å². The third-order valence-corrected chi connectivity index (χ3v) is 7.26. The molecule has 1 saturated carbocycles. The standard InChI is InChI=1S/C24H29N3OS/c1-15-7-12-21-22(13-15)29-24(27-21)18-8-10-19(11-9-18)26-23(28)14-25-20-6-4-5-16(2)17(20)3/h7-13,16-17,20,25H,4-6,14H2,1-3H3,(H,26,28)/t16-,17+,20-/m0/s1. The van der Waals surface area contributed by atoms with Gasteiger partial charge in [0.15, 0.2) is 0 Å². The molecule has 1 fully saturated rings. The first kappa shape index (κ1) is 20.0. The molecule has 0 aliphatic heterocycles. The summed E-state index contributed by atoms with van der Waals surface area (Å²) in [6.45, 7) is 7.07. The van der Waals surface area contributed by atoms with Crippen LogP contribution in [0.1, 0.15) is 38.7 Å². The summed E-state index contributed by atoms with van der Waals surface area (Å²) in [4.78, 5) is 17.1. The minimum absolute atomic E-state index is 0.0126. The van der Waals surface area contributed by atoms with E-state index >= 15 is 0 Å². The molecule has 29 heavy (non-hydrogen) atoms. The number of carbonyl (C=O) groups is 1. The molecule has 0 bridgehead atoms. The number of thiazole rings is 1. The first-order chi connectivity index (χ1) is 14.0. The molecule has 1 aliphatic rings. The lowest BCUT2D eigenvalue weighted by atomic mass is 9.78. The molecule has 0 spiro atoms. The minimum Gasteiger partial charge on any atom is -0.325 e. The maximum Gasteiger partial charge on any atom is 0.238 e. The first-order valence-corrected chi connectivity index (χ1v) is 11.3. The van der Waals surface area contributed by atoms with Gasteiger partial charge in [-0.25, -0.2) is 4.98 Å². The molecular formula is C24H29N3OS. The zero-order chi connectivity index (χ0) is 20.4. The predicted molar refractivity (Wildman–Crippen MR) is 122 cm³/mol. The summed E-state index contributed by atoms with van der Waals surface area (Å²) >= 11 is 1.70. The Hall–Kier alpha value is -2.24. The second-order valence-corrected chi connectivity index (χ2v) is 9.40. The van der Waals surface area contributed by atoms with Gasteiger partial charge in [-0.3, -0.25) is 4.79 Å². The summed E-state index contributed by atoms with van der Waals surface area (Å²) in [5.74, 6) is 1.36. The van der Waals surface area contributed by atoms with Gasteiger partial charge in [-0.05, 0) is 67.1 Å². The number of hydrogen-bond donors (Lipinski definition) is 2. The lowest BCUT2D eigenvalue weighted by molar-refractivity contribution is -0.115. The van der Waals surface area contributed by atoms with E-state index in [0.29, 0.717) is 18.5 Å². The Morgan fingerprint density at radius 1 is 1.14 bits per heavy atom. The van der Waals surface area contributed by atoms with Crippen LogP contribution in [0.4, 0.5) is 5.69 Å². The molecule has 1 aliphatic carbocycles. The van der Waals surface area contributed by atoms with Gasteiger partial charge in [0.2, 0.25) is 5.91 Å². The summed E-state index contributed by atoms with van der Waals surface area (Å²) in [5.41, 5.74) is 4.18. The number of aromatic nitrogens is 1. The van der Waals surface area contributed by atoms with E-state index in [-0.39, 0.29) is 5.91 Å². The summed E-state index contributed by atoms with van der Waals surface area (Å²) in [7, 11) is 0. The molecule has 0 saturated heterocycles. The zero-order valence-corrected chi connectivity index (χ0v) is 18.2. The number of rotatable bonds is 5. The maximum absolute atomic E-state index is 12.4. The van der Waals surface area contributed by atoms with E-state index in [4.69, 9.17) is 4.98 Å². The zero-order valence-electron chi connectivity index (χ0n) is 17.4. The number of anilines is 1. The van der Waals surface area contributed by atoms with Crippen LogP contribution in [0.15, 0.2) is 42.5 Å². The molecule has 2 aromatic carbocycles. The van der Waals surface area contributed by atoms with E-state index in [2.05, 4.69) is 49.6 Å². The second-order valence-electron chi connectivity index (χ2n) is 8.37. The van der Waals surface area contributed by atoms with E-state index in [1.165, 1.54) is 23.1 Å². The SMILES string of the molecule is Cc1ccc2nc(-c3ccc(NC(=O)CN[C@H]4CCC[C@H](C)[C@H]4C)cc3)sc2c1. The normalized spacial score (nSPS) is 22.0. The quantitative estimate of drug-likeness (QED) is 0.577. The van der Waals surface area contributed by atoms with E-state index < -0.39 is 0 Å². The van der Waals surface area contributed by atoms with Crippen LogP contribution in [0, 0.1) is 18.8 Å². The molecule has 4 nitrogen and oxygen atoms in total. The van der Waals surface area contributed by atoms with Crippen molar-refractivity contribution in [3.63, 3.8) is 0 Å². The molecule has 152 valence electrons. The van der Waals surface area contributed by atoms with E-state index in [9.17, 15) is 4.79 Å². The molecule has 0 radical (unpaired) electrons. The molecular weight excluding hydrogens is 378 g/mol. The summed E-state index contributed by atoms with van der Waals surface area (Å²) < 4.78 is 1.20. The van der Waals surface area contributed by atoms with E-state index in [1.54, 1.807) is 11.3 Å². The summed E-state index contributed by atoms with van der Waals surface area (Å²) in [6.07, 6.45) is 3.71. The van der Waals surface area contributed by atoms with Crippen molar-refractivity contribution >= 4 is 33.1 Å². The fourth-order valence-electron chi connectivity index (χ4n) is 4.15. The van der Waals surface area contributed by atoms with Crippen molar-refractivity contribution in [2.24, 2.45) is 11.8 Å². The number of amides is 1. The summed E-state index contributed by atoms with van der Waals surface area (Å²) in [5, 5.41) is 7.47. The van der Waals surface area contributed by atoms with Crippen molar-refractivity contribution in [3.8, 4) is 10.6 Å². The van der Waals surface area contributed by atoms with Crippen LogP contribution in [0.2, 0.25) is 0 Å². The molecule has 3 atom stereocenters. The molecule has 2 N–H and O–H groups in total. The van der Waals surface area contributed by atoms with Crippen LogP contribution < -0.4 is 10.6 Å². The average Bonchev–Trinajstić information content (AvgIpc) is 3.13. The van der Waals surface area contributed by atoms with Crippen molar-refractivity contribution in [2.45, 2.75) is 46.1 Å². The van der Waals surface area contributed by atoms with Crippen LogP contribution >= 0.6 is 11.3 Å². The lowest BCUT2D eigenvalue weighted by Gasteiger charge is -2.34. The van der Waals surface area contributed by atoms with Gasteiger partial charge in [-0.15, -0.1) is 11.3 Å². The Morgan fingerprint density at radius 3 is 2.72 bits per heavy atom. The molecule has 3 aromatic rings. The molecule has 1 heterocycles. The van der Waals surface area contributed by atoms with Crippen molar-refractivity contribution in [3.05, 3.63) is 48.0 Å². The van der Waals surface area contributed by atoms with Crippen molar-refractivity contribution in [1.29, 1.82) is 0 Å². The number of carbonyl (C=O) groups excluding carboxylic acids is 1. The van der Waals surface area contributed by atoms with Crippen LogP contribution in [-0.2, 0) is 4.79 Å². The Balaban J connectivity index is 1.35. The number of benzene rings is 2.